The van der Waals surface area contributed by atoms with Gasteiger partial charge in [0.1, 0.15) is 5.82 Å². The van der Waals surface area contributed by atoms with Gasteiger partial charge in [-0.05, 0) is 74.4 Å². The summed E-state index contributed by atoms with van der Waals surface area (Å²) >= 11 is 5.43. The van der Waals surface area contributed by atoms with Crippen LogP contribution in [0.25, 0.3) is 0 Å². The molecule has 4 bridgehead atoms. The van der Waals surface area contributed by atoms with Crippen LogP contribution in [-0.4, -0.2) is 14.8 Å². The Labute approximate surface area is 126 Å². The Kier molecular flexibility index (Phi) is 2.45. The van der Waals surface area contributed by atoms with E-state index in [4.69, 9.17) is 12.2 Å². The topological polar surface area (TPSA) is 33.6 Å². The zero-order valence-electron chi connectivity index (χ0n) is 12.8. The highest BCUT2D eigenvalue weighted by atomic mass is 32.1. The van der Waals surface area contributed by atoms with E-state index in [0.717, 1.165) is 17.2 Å². The molecule has 4 heteroatoms. The largest absolute Gasteiger partial charge is 0.304 e. The highest BCUT2D eigenvalue weighted by molar-refractivity contribution is 7.71. The van der Waals surface area contributed by atoms with Crippen molar-refractivity contribution in [1.29, 1.82) is 0 Å². The Morgan fingerprint density at radius 1 is 1.20 bits per heavy atom. The molecule has 1 heterocycles. The number of rotatable bonds is 2. The first-order chi connectivity index (χ1) is 9.37. The Bertz CT molecular complexity index is 595. The molecular formula is C16H25N3S. The minimum absolute atomic E-state index is 0.284. The average molecular weight is 291 g/mol. The van der Waals surface area contributed by atoms with Gasteiger partial charge in [0.2, 0.25) is 0 Å². The fraction of sp³-hybridized carbons (Fsp3) is 0.875. The summed E-state index contributed by atoms with van der Waals surface area (Å²) in [5.41, 5.74) is 1.34. The summed E-state index contributed by atoms with van der Waals surface area (Å²) in [6.07, 6.45) is 8.23. The zero-order chi connectivity index (χ0) is 14.2. The molecule has 1 aromatic heterocycles. The molecule has 0 aromatic carbocycles. The molecular weight excluding hydrogens is 266 g/mol. The van der Waals surface area contributed by atoms with Gasteiger partial charge >= 0.3 is 0 Å². The summed E-state index contributed by atoms with van der Waals surface area (Å²) in [4.78, 5) is 0. The lowest BCUT2D eigenvalue weighted by atomic mass is 9.40. The lowest BCUT2D eigenvalue weighted by Gasteiger charge is -2.64. The summed E-state index contributed by atoms with van der Waals surface area (Å²) in [5.74, 6) is 2.16. The van der Waals surface area contributed by atoms with E-state index in [1.54, 1.807) is 0 Å². The maximum Gasteiger partial charge on any atom is 0.195 e. The standard InChI is InChI=1S/C16H25N3S/c1-4-19-12(17-18-13(19)20)16-7-11-5-14(2,9-16)8-15(3,6-11)10-16/h11H,4-10H2,1-3H3,(H,18,20). The van der Waals surface area contributed by atoms with Crippen LogP contribution in [0.15, 0.2) is 0 Å². The van der Waals surface area contributed by atoms with Gasteiger partial charge in [0.15, 0.2) is 4.77 Å². The van der Waals surface area contributed by atoms with E-state index in [2.05, 4.69) is 35.5 Å². The van der Waals surface area contributed by atoms with Gasteiger partial charge in [-0.15, -0.1) is 0 Å². The highest BCUT2D eigenvalue weighted by Crippen LogP contribution is 2.69. The number of nitrogens with one attached hydrogen (secondary N) is 1. The fourth-order valence-electron chi connectivity index (χ4n) is 6.71. The van der Waals surface area contributed by atoms with Crippen LogP contribution in [0.1, 0.15) is 65.1 Å². The fourth-order valence-corrected chi connectivity index (χ4v) is 6.97. The van der Waals surface area contributed by atoms with Crippen molar-refractivity contribution in [3.63, 3.8) is 0 Å². The highest BCUT2D eigenvalue weighted by Gasteiger charge is 2.61. The summed E-state index contributed by atoms with van der Waals surface area (Å²) in [7, 11) is 0. The molecule has 0 amide bonds. The van der Waals surface area contributed by atoms with Crippen molar-refractivity contribution in [3.8, 4) is 0 Å². The van der Waals surface area contributed by atoms with E-state index in [-0.39, 0.29) is 5.41 Å². The molecule has 3 nitrogen and oxygen atoms in total. The van der Waals surface area contributed by atoms with Gasteiger partial charge in [-0.25, -0.2) is 0 Å². The predicted octanol–water partition coefficient (Wildman–Crippen LogP) is 4.21. The molecule has 4 aliphatic rings. The first-order valence-electron chi connectivity index (χ1n) is 8.03. The molecule has 4 fully saturated rings. The molecule has 0 spiro atoms. The van der Waals surface area contributed by atoms with E-state index in [1.807, 2.05) is 0 Å². The number of hydrogen-bond donors (Lipinski definition) is 1. The Hall–Kier alpha value is -0.640. The average Bonchev–Trinajstić information content (AvgIpc) is 2.66. The third kappa shape index (κ3) is 1.63. The van der Waals surface area contributed by atoms with Crippen molar-refractivity contribution >= 4 is 12.2 Å². The Balaban J connectivity index is 1.86. The maximum absolute atomic E-state index is 5.43. The lowest BCUT2D eigenvalue weighted by molar-refractivity contribution is -0.113. The second-order valence-corrected chi connectivity index (χ2v) is 8.89. The van der Waals surface area contributed by atoms with Crippen molar-refractivity contribution in [3.05, 3.63) is 10.6 Å². The van der Waals surface area contributed by atoms with Gasteiger partial charge in [0.05, 0.1) is 0 Å². The van der Waals surface area contributed by atoms with Crippen LogP contribution in [0.5, 0.6) is 0 Å². The predicted molar refractivity (Wildman–Crippen MR) is 82.2 cm³/mol. The second kappa shape index (κ2) is 3.76. The first kappa shape index (κ1) is 13.1. The molecule has 4 saturated carbocycles. The molecule has 5 rings (SSSR count). The van der Waals surface area contributed by atoms with Crippen LogP contribution >= 0.6 is 12.2 Å². The lowest BCUT2D eigenvalue weighted by Crippen LogP contribution is -2.57. The van der Waals surface area contributed by atoms with Crippen LogP contribution in [0, 0.1) is 21.5 Å². The van der Waals surface area contributed by atoms with Crippen LogP contribution in [0.2, 0.25) is 0 Å². The van der Waals surface area contributed by atoms with Crippen LogP contribution < -0.4 is 0 Å². The number of nitrogens with zero attached hydrogens (tertiary/aromatic N) is 2. The molecule has 20 heavy (non-hydrogen) atoms. The van der Waals surface area contributed by atoms with Gasteiger partial charge < -0.3 is 4.57 Å². The van der Waals surface area contributed by atoms with Crippen molar-refractivity contribution in [1.82, 2.24) is 14.8 Å². The van der Waals surface area contributed by atoms with Gasteiger partial charge in [-0.1, -0.05) is 13.8 Å². The zero-order valence-corrected chi connectivity index (χ0v) is 13.6. The van der Waals surface area contributed by atoms with E-state index < -0.39 is 0 Å². The van der Waals surface area contributed by atoms with Gasteiger partial charge in [0, 0.05) is 12.0 Å². The first-order valence-corrected chi connectivity index (χ1v) is 8.44. The van der Waals surface area contributed by atoms with Crippen molar-refractivity contribution in [2.24, 2.45) is 16.7 Å². The van der Waals surface area contributed by atoms with Gasteiger partial charge in [-0.2, -0.15) is 5.10 Å². The number of H-pyrrole nitrogens is 1. The Morgan fingerprint density at radius 2 is 1.85 bits per heavy atom. The minimum Gasteiger partial charge on any atom is -0.304 e. The monoisotopic (exact) mass is 291 g/mol. The van der Waals surface area contributed by atoms with Crippen LogP contribution in [-0.2, 0) is 12.0 Å². The van der Waals surface area contributed by atoms with E-state index in [0.29, 0.717) is 10.8 Å². The van der Waals surface area contributed by atoms with Crippen molar-refractivity contribution < 1.29 is 0 Å². The quantitative estimate of drug-likeness (QED) is 0.828. The maximum atomic E-state index is 5.43. The van der Waals surface area contributed by atoms with Crippen LogP contribution in [0.3, 0.4) is 0 Å². The molecule has 1 N–H and O–H groups in total. The molecule has 110 valence electrons. The molecule has 0 saturated heterocycles. The normalized spacial score (nSPS) is 46.0. The third-order valence-electron chi connectivity index (χ3n) is 6.18. The number of aromatic amines is 1. The van der Waals surface area contributed by atoms with E-state index >= 15 is 0 Å². The van der Waals surface area contributed by atoms with Crippen molar-refractivity contribution in [2.45, 2.75) is 71.3 Å². The SMILES string of the molecule is CCn1c(C23CC4CC(C)(CC(C)(C4)C2)C3)n[nH]c1=S. The summed E-state index contributed by atoms with van der Waals surface area (Å²) in [6.45, 7) is 8.15. The molecule has 0 radical (unpaired) electrons. The smallest absolute Gasteiger partial charge is 0.195 e. The van der Waals surface area contributed by atoms with Gasteiger partial charge in [0.25, 0.3) is 0 Å². The molecule has 0 aliphatic heterocycles. The second-order valence-electron chi connectivity index (χ2n) is 8.51. The molecule has 2 unspecified atom stereocenters. The van der Waals surface area contributed by atoms with Crippen LogP contribution in [0.4, 0.5) is 0 Å². The minimum atomic E-state index is 0.284. The van der Waals surface area contributed by atoms with Crippen molar-refractivity contribution in [2.75, 3.05) is 0 Å². The third-order valence-corrected chi connectivity index (χ3v) is 6.49. The van der Waals surface area contributed by atoms with E-state index in [1.165, 1.54) is 44.3 Å². The summed E-state index contributed by atoms with van der Waals surface area (Å²) in [6, 6.07) is 0. The molecule has 4 aliphatic carbocycles. The Morgan fingerprint density at radius 3 is 2.40 bits per heavy atom. The number of hydrogen-bond acceptors (Lipinski definition) is 2. The summed E-state index contributed by atoms with van der Waals surface area (Å²) in [5, 5.41) is 7.74. The molecule has 2 atom stereocenters. The number of aromatic nitrogens is 3. The summed E-state index contributed by atoms with van der Waals surface area (Å²) < 4.78 is 3.04. The molecule has 1 aromatic rings. The van der Waals surface area contributed by atoms with Gasteiger partial charge in [-0.3, -0.25) is 5.10 Å². The van der Waals surface area contributed by atoms with E-state index in [9.17, 15) is 0 Å².